The van der Waals surface area contributed by atoms with E-state index in [2.05, 4.69) is 27.7 Å². The smallest absolute Gasteiger partial charge is 0.146 e. The highest BCUT2D eigenvalue weighted by Crippen LogP contribution is 2.22. The lowest BCUT2D eigenvalue weighted by Gasteiger charge is -2.16. The molecule has 1 heteroatoms. The number of unbranched alkanes of at least 4 members (excludes halogenated alkanes) is 4. The molecule has 0 aromatic carbocycles. The van der Waals surface area contributed by atoms with Crippen LogP contribution in [0.3, 0.4) is 0 Å². The fourth-order valence-corrected chi connectivity index (χ4v) is 5.60. The molecule has 0 saturated carbocycles. The molecule has 0 nitrogen and oxygen atoms in total. The summed E-state index contributed by atoms with van der Waals surface area (Å²) in [7, 11) is 0. The fraction of sp³-hybridized carbons (Fsp3) is 1.00. The first kappa shape index (κ1) is 21.8. The van der Waals surface area contributed by atoms with Crippen LogP contribution in [0.25, 0.3) is 0 Å². The predicted octanol–water partition coefficient (Wildman–Crippen LogP) is 7.52. The Morgan fingerprint density at radius 2 is 1.00 bits per heavy atom. The summed E-state index contributed by atoms with van der Waals surface area (Å²) in [5.74, 6) is 2.10. The van der Waals surface area contributed by atoms with Crippen molar-refractivity contribution in [3.05, 3.63) is 0 Å². The van der Waals surface area contributed by atoms with Crippen LogP contribution in [0.5, 0.6) is 0 Å². The van der Waals surface area contributed by atoms with Crippen LogP contribution < -0.4 is 0 Å². The largest absolute Gasteiger partial charge is 0.364 e. The lowest BCUT2D eigenvalue weighted by atomic mass is 9.96. The molecule has 0 aromatic heterocycles. The molecule has 0 amide bonds. The molecule has 0 N–H and O–H groups in total. The second-order valence-corrected chi connectivity index (χ2v) is 9.30. The van der Waals surface area contributed by atoms with Gasteiger partial charge < -0.3 is 0 Å². The zero-order valence-corrected chi connectivity index (χ0v) is 17.2. The average molecular weight is 307 g/mol. The highest BCUT2D eigenvalue weighted by molar-refractivity contribution is 6.35. The molecule has 0 bridgehead atoms. The lowest BCUT2D eigenvalue weighted by Crippen LogP contribution is -2.04. The molecular weight excluding hydrogens is 265 g/mol. The van der Waals surface area contributed by atoms with E-state index in [1.54, 1.807) is 21.9 Å². The van der Waals surface area contributed by atoms with Crippen molar-refractivity contribution in [3.8, 4) is 0 Å². The van der Waals surface area contributed by atoms with E-state index in [-0.39, 0.29) is 20.4 Å². The summed E-state index contributed by atoms with van der Waals surface area (Å²) in [5, 5.41) is 0. The van der Waals surface area contributed by atoms with Gasteiger partial charge in [0.25, 0.3) is 0 Å². The van der Waals surface area contributed by atoms with Gasteiger partial charge in [-0.15, -0.1) is 9.10 Å². The van der Waals surface area contributed by atoms with Crippen molar-refractivity contribution in [3.63, 3.8) is 0 Å². The van der Waals surface area contributed by atoms with E-state index in [4.69, 9.17) is 0 Å². The third-order valence-corrected chi connectivity index (χ3v) is 7.13. The third kappa shape index (κ3) is 14.1. The Kier molecular flexibility index (Phi) is 17.8. The van der Waals surface area contributed by atoms with Crippen LogP contribution in [0.1, 0.15) is 105 Å². The van der Waals surface area contributed by atoms with Crippen LogP contribution in [-0.2, 0) is 0 Å². The normalized spacial score (nSPS) is 13.9. The number of hydrogen-bond donors (Lipinski definition) is 0. The Labute approximate surface area is 146 Å². The molecule has 0 heterocycles. The Morgan fingerprint density at radius 3 is 1.33 bits per heavy atom. The van der Waals surface area contributed by atoms with Gasteiger partial charge in [-0.3, -0.25) is 0 Å². The Bertz CT molecular complexity index is 170. The summed E-state index contributed by atoms with van der Waals surface area (Å²) in [6.07, 6.45) is 17.6. The highest BCUT2D eigenvalue weighted by atomic mass is 24.5. The maximum atomic E-state index is 2.40. The highest BCUT2D eigenvalue weighted by Gasteiger charge is 2.09. The van der Waals surface area contributed by atoms with Gasteiger partial charge in [0.15, 0.2) is 0 Å². The molecule has 21 heavy (non-hydrogen) atoms. The van der Waals surface area contributed by atoms with Gasteiger partial charge in [0.05, 0.1) is 0 Å². The zero-order valence-electron chi connectivity index (χ0n) is 15.8. The molecule has 0 saturated heterocycles. The van der Waals surface area contributed by atoms with Gasteiger partial charge in [-0.25, -0.2) is 0 Å². The Hall–Kier alpha value is 0.766. The van der Waals surface area contributed by atoms with E-state index in [0.717, 1.165) is 11.8 Å². The summed E-state index contributed by atoms with van der Waals surface area (Å²) >= 11 is 0.250. The molecule has 124 valence electrons. The van der Waals surface area contributed by atoms with Crippen LogP contribution in [0.4, 0.5) is 0 Å². The van der Waals surface area contributed by atoms with Gasteiger partial charge in [-0.05, 0) is 11.8 Å². The van der Waals surface area contributed by atoms with Crippen molar-refractivity contribution >= 4 is 20.4 Å². The minimum atomic E-state index is 0.250. The standard InChI is InChI=1S/2C10H21.Mg/c2*1-4-7-8-9-10(5-2)6-3;/h2*10H,2,4-9H2,1,3H3;. The van der Waals surface area contributed by atoms with Crippen molar-refractivity contribution in [2.45, 2.75) is 114 Å². The number of hydrogen-bond acceptors (Lipinski definition) is 0. The maximum Gasteiger partial charge on any atom is 0.364 e. The van der Waals surface area contributed by atoms with Crippen molar-refractivity contribution in [1.82, 2.24) is 0 Å². The van der Waals surface area contributed by atoms with Gasteiger partial charge >= 0.3 is 20.4 Å². The molecule has 0 aliphatic heterocycles. The van der Waals surface area contributed by atoms with Gasteiger partial charge in [0, 0.05) is 0 Å². The SMILES string of the molecule is CCCCCC(CC)C[CH2][Mg][CH2]CC(CC)CCCCC. The summed E-state index contributed by atoms with van der Waals surface area (Å²) in [5.41, 5.74) is 0. The van der Waals surface area contributed by atoms with E-state index >= 15 is 0 Å². The van der Waals surface area contributed by atoms with Gasteiger partial charge in [0.1, 0.15) is 0 Å². The van der Waals surface area contributed by atoms with Crippen LogP contribution >= 0.6 is 0 Å². The molecule has 0 spiro atoms. The summed E-state index contributed by atoms with van der Waals surface area (Å²) in [6.45, 7) is 9.44. The molecule has 0 rings (SSSR count). The van der Waals surface area contributed by atoms with Gasteiger partial charge in [-0.1, -0.05) is 105 Å². The second-order valence-electron chi connectivity index (χ2n) is 7.18. The van der Waals surface area contributed by atoms with Crippen LogP contribution in [0.2, 0.25) is 9.10 Å². The minimum absolute atomic E-state index is 0.250. The Balaban J connectivity index is 3.53. The molecule has 0 aliphatic carbocycles. The first-order valence-electron chi connectivity index (χ1n) is 10.3. The van der Waals surface area contributed by atoms with Crippen LogP contribution in [0, 0.1) is 11.8 Å². The first-order valence-corrected chi connectivity index (χ1v) is 12.3. The van der Waals surface area contributed by atoms with E-state index in [1.165, 1.54) is 64.2 Å². The quantitative estimate of drug-likeness (QED) is 0.204. The van der Waals surface area contributed by atoms with Crippen molar-refractivity contribution < 1.29 is 0 Å². The van der Waals surface area contributed by atoms with Gasteiger partial charge in [-0.2, -0.15) is 0 Å². The van der Waals surface area contributed by atoms with Crippen LogP contribution in [-0.4, -0.2) is 20.4 Å². The average Bonchev–Trinajstić information content (AvgIpc) is 2.51. The van der Waals surface area contributed by atoms with E-state index < -0.39 is 0 Å². The molecule has 0 radical (unpaired) electrons. The third-order valence-electron chi connectivity index (χ3n) is 5.31. The summed E-state index contributed by atoms with van der Waals surface area (Å²) in [6, 6.07) is 0. The molecule has 0 aromatic rings. The lowest BCUT2D eigenvalue weighted by molar-refractivity contribution is 0.426. The van der Waals surface area contributed by atoms with E-state index in [1.807, 2.05) is 0 Å². The molecule has 2 unspecified atom stereocenters. The van der Waals surface area contributed by atoms with Crippen molar-refractivity contribution in [1.29, 1.82) is 0 Å². The number of rotatable bonds is 16. The second kappa shape index (κ2) is 17.1. The van der Waals surface area contributed by atoms with E-state index in [0.29, 0.717) is 0 Å². The van der Waals surface area contributed by atoms with Crippen molar-refractivity contribution in [2.75, 3.05) is 0 Å². The maximum absolute atomic E-state index is 2.40. The van der Waals surface area contributed by atoms with Gasteiger partial charge in [0.2, 0.25) is 0 Å². The zero-order chi connectivity index (χ0) is 15.8. The summed E-state index contributed by atoms with van der Waals surface area (Å²) < 4.78 is 3.24. The van der Waals surface area contributed by atoms with Crippen LogP contribution in [0.15, 0.2) is 0 Å². The molecule has 0 aliphatic rings. The fourth-order valence-electron chi connectivity index (χ4n) is 3.51. The molecule has 2 atom stereocenters. The van der Waals surface area contributed by atoms with Crippen molar-refractivity contribution in [2.24, 2.45) is 11.8 Å². The predicted molar refractivity (Wildman–Crippen MR) is 100 cm³/mol. The topological polar surface area (TPSA) is 0 Å². The Morgan fingerprint density at radius 1 is 0.571 bits per heavy atom. The summed E-state index contributed by atoms with van der Waals surface area (Å²) in [4.78, 5) is 0. The monoisotopic (exact) mass is 306 g/mol. The minimum Gasteiger partial charge on any atom is -0.146 e. The molecule has 0 fully saturated rings. The molecular formula is C20H42Mg. The first-order chi connectivity index (χ1) is 10.3. The van der Waals surface area contributed by atoms with E-state index in [9.17, 15) is 0 Å².